The predicted octanol–water partition coefficient (Wildman–Crippen LogP) is 2.70. The average molecular weight is 228 g/mol. The molecule has 2 atom stereocenters. The topological polar surface area (TPSA) is 35.2 Å². The third kappa shape index (κ3) is 2.27. The van der Waals surface area contributed by atoms with Crippen molar-refractivity contribution in [2.45, 2.75) is 25.8 Å². The van der Waals surface area contributed by atoms with E-state index < -0.39 is 0 Å². The fourth-order valence-electron chi connectivity index (χ4n) is 2.38. The van der Waals surface area contributed by atoms with E-state index in [-0.39, 0.29) is 18.4 Å². The molecule has 0 heterocycles. The summed E-state index contributed by atoms with van der Waals surface area (Å²) >= 11 is 0. The van der Waals surface area contributed by atoms with Gasteiger partial charge in [-0.1, -0.05) is 19.1 Å². The lowest BCUT2D eigenvalue weighted by Gasteiger charge is -2.28. The Morgan fingerprint density at radius 3 is 2.80 bits per heavy atom. The molecule has 1 aliphatic carbocycles. The zero-order valence-electron chi connectivity index (χ0n) is 9.19. The van der Waals surface area contributed by atoms with Crippen LogP contribution in [0.25, 0.3) is 0 Å². The molecule has 2 N–H and O–H groups in total. The molecule has 0 saturated carbocycles. The minimum Gasteiger partial charge on any atom is -0.496 e. The summed E-state index contributed by atoms with van der Waals surface area (Å²) in [4.78, 5) is 0. The second kappa shape index (κ2) is 4.86. The van der Waals surface area contributed by atoms with E-state index >= 15 is 0 Å². The van der Waals surface area contributed by atoms with Gasteiger partial charge in [-0.2, -0.15) is 0 Å². The normalized spacial score (nSPS) is 23.9. The molecular weight excluding hydrogens is 210 g/mol. The SMILES string of the molecule is COc1cccc2c1C(N)CC(C)C2.Cl. The Hall–Kier alpha value is -0.730. The summed E-state index contributed by atoms with van der Waals surface area (Å²) in [5.41, 5.74) is 8.71. The molecule has 15 heavy (non-hydrogen) atoms. The van der Waals surface area contributed by atoms with Crippen LogP contribution in [-0.4, -0.2) is 7.11 Å². The van der Waals surface area contributed by atoms with Gasteiger partial charge < -0.3 is 10.5 Å². The molecule has 1 aliphatic rings. The molecule has 84 valence electrons. The first-order valence-electron chi connectivity index (χ1n) is 5.13. The van der Waals surface area contributed by atoms with Crippen LogP contribution in [0.2, 0.25) is 0 Å². The van der Waals surface area contributed by atoms with Gasteiger partial charge in [0.05, 0.1) is 7.11 Å². The van der Waals surface area contributed by atoms with E-state index in [1.165, 1.54) is 11.1 Å². The molecule has 2 nitrogen and oxygen atoms in total. The molecule has 0 amide bonds. The minimum absolute atomic E-state index is 0. The number of hydrogen-bond donors (Lipinski definition) is 1. The molecule has 0 saturated heterocycles. The molecule has 0 bridgehead atoms. The Bertz CT molecular complexity index is 340. The van der Waals surface area contributed by atoms with E-state index in [0.717, 1.165) is 18.6 Å². The lowest BCUT2D eigenvalue weighted by atomic mass is 9.81. The van der Waals surface area contributed by atoms with Crippen LogP contribution in [0.4, 0.5) is 0 Å². The van der Waals surface area contributed by atoms with Crippen molar-refractivity contribution in [3.05, 3.63) is 29.3 Å². The molecule has 0 fully saturated rings. The maximum atomic E-state index is 6.13. The van der Waals surface area contributed by atoms with Crippen molar-refractivity contribution in [3.63, 3.8) is 0 Å². The van der Waals surface area contributed by atoms with Crippen molar-refractivity contribution < 1.29 is 4.74 Å². The smallest absolute Gasteiger partial charge is 0.123 e. The molecular formula is C12H18ClNO. The summed E-state index contributed by atoms with van der Waals surface area (Å²) in [6.07, 6.45) is 2.19. The highest BCUT2D eigenvalue weighted by molar-refractivity contribution is 5.85. The van der Waals surface area contributed by atoms with Crippen LogP contribution in [-0.2, 0) is 6.42 Å². The van der Waals surface area contributed by atoms with E-state index in [4.69, 9.17) is 10.5 Å². The zero-order valence-corrected chi connectivity index (χ0v) is 10.0. The molecule has 0 aliphatic heterocycles. The van der Waals surface area contributed by atoms with Crippen LogP contribution in [0, 0.1) is 5.92 Å². The van der Waals surface area contributed by atoms with E-state index in [1.54, 1.807) is 7.11 Å². The van der Waals surface area contributed by atoms with Crippen molar-refractivity contribution in [3.8, 4) is 5.75 Å². The first-order chi connectivity index (χ1) is 6.72. The van der Waals surface area contributed by atoms with Gasteiger partial charge in [-0.3, -0.25) is 0 Å². The lowest BCUT2D eigenvalue weighted by molar-refractivity contribution is 0.382. The first-order valence-corrected chi connectivity index (χ1v) is 5.13. The summed E-state index contributed by atoms with van der Waals surface area (Å²) in [6, 6.07) is 6.34. The number of benzene rings is 1. The lowest BCUT2D eigenvalue weighted by Crippen LogP contribution is -2.23. The molecule has 2 rings (SSSR count). The number of rotatable bonds is 1. The van der Waals surface area contributed by atoms with Crippen molar-refractivity contribution in [2.24, 2.45) is 11.7 Å². The van der Waals surface area contributed by atoms with E-state index in [2.05, 4.69) is 13.0 Å². The van der Waals surface area contributed by atoms with Gasteiger partial charge >= 0.3 is 0 Å². The Balaban J connectivity index is 0.00000112. The van der Waals surface area contributed by atoms with Gasteiger partial charge in [-0.25, -0.2) is 0 Å². The van der Waals surface area contributed by atoms with Crippen molar-refractivity contribution in [1.29, 1.82) is 0 Å². The second-order valence-electron chi connectivity index (χ2n) is 4.18. The first kappa shape index (κ1) is 12.3. The number of fused-ring (bicyclic) bond motifs is 1. The van der Waals surface area contributed by atoms with Crippen LogP contribution < -0.4 is 10.5 Å². The van der Waals surface area contributed by atoms with E-state index in [1.807, 2.05) is 12.1 Å². The third-order valence-corrected chi connectivity index (χ3v) is 2.97. The Labute approximate surface area is 97.2 Å². The predicted molar refractivity (Wildman–Crippen MR) is 64.7 cm³/mol. The van der Waals surface area contributed by atoms with Crippen LogP contribution in [0.15, 0.2) is 18.2 Å². The minimum atomic E-state index is 0. The van der Waals surface area contributed by atoms with Gasteiger partial charge in [0, 0.05) is 11.6 Å². The van der Waals surface area contributed by atoms with E-state index in [0.29, 0.717) is 5.92 Å². The summed E-state index contributed by atoms with van der Waals surface area (Å²) in [5.74, 6) is 1.63. The maximum Gasteiger partial charge on any atom is 0.123 e. The summed E-state index contributed by atoms with van der Waals surface area (Å²) in [6.45, 7) is 2.25. The summed E-state index contributed by atoms with van der Waals surface area (Å²) < 4.78 is 5.34. The molecule has 1 aromatic rings. The van der Waals surface area contributed by atoms with Crippen LogP contribution in [0.5, 0.6) is 5.75 Å². The van der Waals surface area contributed by atoms with Gasteiger partial charge in [0.25, 0.3) is 0 Å². The molecule has 0 radical (unpaired) electrons. The summed E-state index contributed by atoms with van der Waals surface area (Å²) in [5, 5.41) is 0. The monoisotopic (exact) mass is 227 g/mol. The van der Waals surface area contributed by atoms with E-state index in [9.17, 15) is 0 Å². The number of halogens is 1. The third-order valence-electron chi connectivity index (χ3n) is 2.97. The highest BCUT2D eigenvalue weighted by Crippen LogP contribution is 2.37. The van der Waals surface area contributed by atoms with Gasteiger partial charge in [0.2, 0.25) is 0 Å². The second-order valence-corrected chi connectivity index (χ2v) is 4.18. The molecule has 2 unspecified atom stereocenters. The van der Waals surface area contributed by atoms with Crippen molar-refractivity contribution in [1.82, 2.24) is 0 Å². The van der Waals surface area contributed by atoms with Gasteiger partial charge in [0.15, 0.2) is 0 Å². The number of ether oxygens (including phenoxy) is 1. The standard InChI is InChI=1S/C12H17NO.ClH/c1-8-6-9-4-3-5-11(14-2)12(9)10(13)7-8;/h3-5,8,10H,6-7,13H2,1-2H3;1H. The van der Waals surface area contributed by atoms with Gasteiger partial charge in [0.1, 0.15) is 5.75 Å². The largest absolute Gasteiger partial charge is 0.496 e. The van der Waals surface area contributed by atoms with Crippen LogP contribution >= 0.6 is 12.4 Å². The highest BCUT2D eigenvalue weighted by atomic mass is 35.5. The average Bonchev–Trinajstić information content (AvgIpc) is 2.16. The molecule has 0 aromatic heterocycles. The van der Waals surface area contributed by atoms with Crippen molar-refractivity contribution in [2.75, 3.05) is 7.11 Å². The fourth-order valence-corrected chi connectivity index (χ4v) is 2.38. The van der Waals surface area contributed by atoms with Gasteiger partial charge in [-0.05, 0) is 30.4 Å². The van der Waals surface area contributed by atoms with Gasteiger partial charge in [-0.15, -0.1) is 12.4 Å². The molecule has 0 spiro atoms. The zero-order chi connectivity index (χ0) is 10.1. The maximum absolute atomic E-state index is 6.13. The fraction of sp³-hybridized carbons (Fsp3) is 0.500. The highest BCUT2D eigenvalue weighted by Gasteiger charge is 2.24. The Morgan fingerprint density at radius 2 is 2.13 bits per heavy atom. The summed E-state index contributed by atoms with van der Waals surface area (Å²) in [7, 11) is 1.71. The number of methoxy groups -OCH3 is 1. The molecule has 3 heteroatoms. The number of nitrogens with two attached hydrogens (primary N) is 1. The quantitative estimate of drug-likeness (QED) is 0.801. The van der Waals surface area contributed by atoms with Crippen LogP contribution in [0.3, 0.4) is 0 Å². The van der Waals surface area contributed by atoms with Crippen molar-refractivity contribution >= 4 is 12.4 Å². The molecule has 1 aromatic carbocycles. The number of hydrogen-bond acceptors (Lipinski definition) is 2. The Morgan fingerprint density at radius 1 is 1.40 bits per heavy atom. The van der Waals surface area contributed by atoms with Crippen LogP contribution in [0.1, 0.15) is 30.5 Å². The Kier molecular flexibility index (Phi) is 4.00.